The first-order valence-corrected chi connectivity index (χ1v) is 6.79. The normalized spacial score (nSPS) is 10.9. The van der Waals surface area contributed by atoms with Crippen LogP contribution in [0.5, 0.6) is 0 Å². The third kappa shape index (κ3) is 2.13. The van der Waals surface area contributed by atoms with Gasteiger partial charge < -0.3 is 0 Å². The summed E-state index contributed by atoms with van der Waals surface area (Å²) in [5, 5.41) is 3.44. The SMILES string of the molecule is Cc1cccc2c(-c3ccc(Cl)cc3)ccc(C)c12. The molecule has 0 aliphatic carbocycles. The molecule has 0 aromatic heterocycles. The van der Waals surface area contributed by atoms with Crippen LogP contribution in [0.15, 0.2) is 54.6 Å². The van der Waals surface area contributed by atoms with Gasteiger partial charge in [-0.3, -0.25) is 0 Å². The Morgan fingerprint density at radius 2 is 1.42 bits per heavy atom. The highest BCUT2D eigenvalue weighted by molar-refractivity contribution is 6.30. The maximum Gasteiger partial charge on any atom is 0.0406 e. The molecular weight excluding hydrogens is 252 g/mol. The van der Waals surface area contributed by atoms with E-state index >= 15 is 0 Å². The van der Waals surface area contributed by atoms with Gasteiger partial charge in [0.25, 0.3) is 0 Å². The van der Waals surface area contributed by atoms with E-state index in [0.29, 0.717) is 0 Å². The van der Waals surface area contributed by atoms with Crippen LogP contribution < -0.4 is 0 Å². The van der Waals surface area contributed by atoms with E-state index in [0.717, 1.165) is 5.02 Å². The van der Waals surface area contributed by atoms with Crippen LogP contribution in [0.1, 0.15) is 11.1 Å². The van der Waals surface area contributed by atoms with Crippen molar-refractivity contribution in [3.8, 4) is 11.1 Å². The van der Waals surface area contributed by atoms with Crippen molar-refractivity contribution in [1.29, 1.82) is 0 Å². The average Bonchev–Trinajstić information content (AvgIpc) is 2.41. The minimum atomic E-state index is 0.774. The molecule has 0 heterocycles. The fourth-order valence-corrected chi connectivity index (χ4v) is 2.80. The number of benzene rings is 3. The van der Waals surface area contributed by atoms with Gasteiger partial charge >= 0.3 is 0 Å². The highest BCUT2D eigenvalue weighted by Crippen LogP contribution is 2.32. The Kier molecular flexibility index (Phi) is 3.04. The molecule has 0 amide bonds. The van der Waals surface area contributed by atoms with E-state index in [1.54, 1.807) is 0 Å². The number of hydrogen-bond donors (Lipinski definition) is 0. The molecule has 0 bridgehead atoms. The summed E-state index contributed by atoms with van der Waals surface area (Å²) in [7, 11) is 0. The first-order valence-electron chi connectivity index (χ1n) is 6.42. The topological polar surface area (TPSA) is 0 Å². The van der Waals surface area contributed by atoms with Crippen LogP contribution in [-0.4, -0.2) is 0 Å². The maximum absolute atomic E-state index is 5.97. The van der Waals surface area contributed by atoms with Gasteiger partial charge in [0.1, 0.15) is 0 Å². The van der Waals surface area contributed by atoms with Gasteiger partial charge in [-0.05, 0) is 59.0 Å². The van der Waals surface area contributed by atoms with Crippen LogP contribution in [0.4, 0.5) is 0 Å². The first kappa shape index (κ1) is 12.3. The molecule has 0 atom stereocenters. The van der Waals surface area contributed by atoms with Crippen LogP contribution in [0.2, 0.25) is 5.02 Å². The van der Waals surface area contributed by atoms with Crippen molar-refractivity contribution in [3.05, 3.63) is 70.7 Å². The molecule has 19 heavy (non-hydrogen) atoms. The molecule has 3 rings (SSSR count). The summed E-state index contributed by atoms with van der Waals surface area (Å²) >= 11 is 5.97. The van der Waals surface area contributed by atoms with Gasteiger partial charge in [-0.1, -0.05) is 54.1 Å². The quantitative estimate of drug-likeness (QED) is 0.524. The first-order chi connectivity index (χ1) is 9.16. The molecule has 0 N–H and O–H groups in total. The van der Waals surface area contributed by atoms with Crippen LogP contribution in [0, 0.1) is 13.8 Å². The van der Waals surface area contributed by atoms with Crippen LogP contribution in [0.25, 0.3) is 21.9 Å². The Bertz CT molecular complexity index is 731. The minimum absolute atomic E-state index is 0.774. The summed E-state index contributed by atoms with van der Waals surface area (Å²) in [5.74, 6) is 0. The van der Waals surface area contributed by atoms with Crippen molar-refractivity contribution in [2.45, 2.75) is 13.8 Å². The molecule has 0 fully saturated rings. The zero-order valence-corrected chi connectivity index (χ0v) is 11.8. The number of halogens is 1. The lowest BCUT2D eigenvalue weighted by Crippen LogP contribution is -1.87. The standard InChI is InChI=1S/C18H15Cl/c1-12-4-3-5-17-16(11-6-13(2)18(12)17)14-7-9-15(19)10-8-14/h3-11H,1-2H3. The highest BCUT2D eigenvalue weighted by atomic mass is 35.5. The van der Waals surface area contributed by atoms with E-state index in [1.165, 1.54) is 33.0 Å². The monoisotopic (exact) mass is 266 g/mol. The van der Waals surface area contributed by atoms with Crippen molar-refractivity contribution in [1.82, 2.24) is 0 Å². The number of rotatable bonds is 1. The van der Waals surface area contributed by atoms with Crippen LogP contribution >= 0.6 is 11.6 Å². The van der Waals surface area contributed by atoms with E-state index in [-0.39, 0.29) is 0 Å². The Hall–Kier alpha value is -1.79. The summed E-state index contributed by atoms with van der Waals surface area (Å²) in [4.78, 5) is 0. The van der Waals surface area contributed by atoms with Gasteiger partial charge in [-0.15, -0.1) is 0 Å². The Morgan fingerprint density at radius 1 is 0.737 bits per heavy atom. The van der Waals surface area contributed by atoms with Gasteiger partial charge in [-0.2, -0.15) is 0 Å². The van der Waals surface area contributed by atoms with Crippen molar-refractivity contribution in [2.75, 3.05) is 0 Å². The number of aryl methyl sites for hydroxylation is 2. The van der Waals surface area contributed by atoms with Crippen molar-refractivity contribution in [3.63, 3.8) is 0 Å². The lowest BCUT2D eigenvalue weighted by molar-refractivity contribution is 1.46. The second-order valence-electron chi connectivity index (χ2n) is 4.93. The summed E-state index contributed by atoms with van der Waals surface area (Å²) in [6, 6.07) is 18.9. The highest BCUT2D eigenvalue weighted by Gasteiger charge is 2.07. The molecule has 0 spiro atoms. The van der Waals surface area contributed by atoms with E-state index < -0.39 is 0 Å². The zero-order chi connectivity index (χ0) is 13.4. The maximum atomic E-state index is 5.97. The summed E-state index contributed by atoms with van der Waals surface area (Å²) < 4.78 is 0. The summed E-state index contributed by atoms with van der Waals surface area (Å²) in [6.45, 7) is 4.34. The zero-order valence-electron chi connectivity index (χ0n) is 11.1. The van der Waals surface area contributed by atoms with Gasteiger partial charge in [0.05, 0.1) is 0 Å². The van der Waals surface area contributed by atoms with E-state index in [1.807, 2.05) is 12.1 Å². The second kappa shape index (κ2) is 4.71. The molecule has 0 radical (unpaired) electrons. The molecule has 3 aromatic carbocycles. The van der Waals surface area contributed by atoms with Gasteiger partial charge in [0.2, 0.25) is 0 Å². The smallest absolute Gasteiger partial charge is 0.0406 e. The van der Waals surface area contributed by atoms with Crippen molar-refractivity contribution in [2.24, 2.45) is 0 Å². The molecule has 0 saturated heterocycles. The lowest BCUT2D eigenvalue weighted by atomic mass is 9.93. The molecule has 0 unspecified atom stereocenters. The van der Waals surface area contributed by atoms with E-state index in [2.05, 4.69) is 56.3 Å². The molecule has 0 saturated carbocycles. The predicted octanol–water partition coefficient (Wildman–Crippen LogP) is 5.78. The van der Waals surface area contributed by atoms with Crippen LogP contribution in [-0.2, 0) is 0 Å². The third-order valence-electron chi connectivity index (χ3n) is 3.61. The average molecular weight is 267 g/mol. The molecular formula is C18H15Cl. The van der Waals surface area contributed by atoms with Crippen molar-refractivity contribution < 1.29 is 0 Å². The Morgan fingerprint density at radius 3 is 2.16 bits per heavy atom. The van der Waals surface area contributed by atoms with Gasteiger partial charge in [0.15, 0.2) is 0 Å². The van der Waals surface area contributed by atoms with E-state index in [4.69, 9.17) is 11.6 Å². The van der Waals surface area contributed by atoms with Crippen molar-refractivity contribution >= 4 is 22.4 Å². The minimum Gasteiger partial charge on any atom is -0.0843 e. The molecule has 1 heteroatoms. The number of hydrogen-bond acceptors (Lipinski definition) is 0. The fraction of sp³-hybridized carbons (Fsp3) is 0.111. The summed E-state index contributed by atoms with van der Waals surface area (Å²) in [5.41, 5.74) is 5.12. The van der Waals surface area contributed by atoms with Crippen LogP contribution in [0.3, 0.4) is 0 Å². The summed E-state index contributed by atoms with van der Waals surface area (Å²) in [6.07, 6.45) is 0. The lowest BCUT2D eigenvalue weighted by Gasteiger charge is -2.11. The molecule has 0 aliphatic heterocycles. The third-order valence-corrected chi connectivity index (χ3v) is 3.86. The number of fused-ring (bicyclic) bond motifs is 1. The fourth-order valence-electron chi connectivity index (χ4n) is 2.68. The largest absolute Gasteiger partial charge is 0.0843 e. The second-order valence-corrected chi connectivity index (χ2v) is 5.37. The molecule has 94 valence electrons. The van der Waals surface area contributed by atoms with Gasteiger partial charge in [0, 0.05) is 5.02 Å². The van der Waals surface area contributed by atoms with E-state index in [9.17, 15) is 0 Å². The predicted molar refractivity (Wildman–Crippen MR) is 83.9 cm³/mol. The Balaban J connectivity index is 2.34. The van der Waals surface area contributed by atoms with Gasteiger partial charge in [-0.25, -0.2) is 0 Å². The molecule has 0 aliphatic rings. The molecule has 0 nitrogen and oxygen atoms in total. The Labute approximate surface area is 118 Å². The molecule has 3 aromatic rings.